The number of hydrogen-bond acceptors (Lipinski definition) is 5. The Labute approximate surface area is 168 Å². The highest BCUT2D eigenvalue weighted by Crippen LogP contribution is 2.22. The number of thiophene rings is 1. The van der Waals surface area contributed by atoms with Crippen LogP contribution in [0, 0.1) is 0 Å². The standard InChI is InChI=1S/C21H22N4O2S/c26-19-14-22-13-17-10-16(12-23-21(17)24-19)3-4-20(27)25-7-5-15(6-8-25)11-18-2-1-9-28-18/h1-4,9-12,22H,5-8,13-14H2,(H,23,24,26). The van der Waals surface area contributed by atoms with Gasteiger partial charge in [-0.1, -0.05) is 11.6 Å². The van der Waals surface area contributed by atoms with E-state index in [0.717, 1.165) is 37.1 Å². The molecular formula is C21H22N4O2S. The van der Waals surface area contributed by atoms with Crippen molar-refractivity contribution in [3.8, 4) is 0 Å². The summed E-state index contributed by atoms with van der Waals surface area (Å²) in [6.45, 7) is 2.34. The Morgan fingerprint density at radius 3 is 2.89 bits per heavy atom. The van der Waals surface area contributed by atoms with Crippen LogP contribution in [0.4, 0.5) is 5.82 Å². The Morgan fingerprint density at radius 1 is 1.25 bits per heavy atom. The number of fused-ring (bicyclic) bond motifs is 1. The first-order chi connectivity index (χ1) is 13.7. The summed E-state index contributed by atoms with van der Waals surface area (Å²) in [5, 5.41) is 7.91. The van der Waals surface area contributed by atoms with Gasteiger partial charge in [0, 0.05) is 42.3 Å². The highest BCUT2D eigenvalue weighted by atomic mass is 32.1. The number of pyridine rings is 1. The number of amides is 2. The minimum absolute atomic E-state index is 0.0246. The molecule has 4 heterocycles. The second-order valence-electron chi connectivity index (χ2n) is 6.90. The number of carbonyl (C=O) groups excluding carboxylic acids is 2. The van der Waals surface area contributed by atoms with E-state index in [4.69, 9.17) is 0 Å². The third-order valence-corrected chi connectivity index (χ3v) is 5.69. The van der Waals surface area contributed by atoms with Crippen molar-refractivity contribution in [1.82, 2.24) is 15.2 Å². The molecule has 0 bridgehead atoms. The van der Waals surface area contributed by atoms with E-state index >= 15 is 0 Å². The molecule has 0 unspecified atom stereocenters. The van der Waals surface area contributed by atoms with Crippen LogP contribution in [0.15, 0.2) is 41.4 Å². The molecule has 0 aromatic carbocycles. The lowest BCUT2D eigenvalue weighted by Gasteiger charge is -2.27. The molecule has 4 rings (SSSR count). The molecule has 0 aliphatic carbocycles. The van der Waals surface area contributed by atoms with Crippen LogP contribution >= 0.6 is 11.3 Å². The monoisotopic (exact) mass is 394 g/mol. The number of aromatic nitrogens is 1. The van der Waals surface area contributed by atoms with E-state index in [1.165, 1.54) is 10.5 Å². The van der Waals surface area contributed by atoms with Crippen molar-refractivity contribution in [2.24, 2.45) is 0 Å². The fourth-order valence-electron chi connectivity index (χ4n) is 3.36. The molecule has 0 spiro atoms. The van der Waals surface area contributed by atoms with Crippen molar-refractivity contribution < 1.29 is 9.59 Å². The summed E-state index contributed by atoms with van der Waals surface area (Å²) in [4.78, 5) is 31.5. The van der Waals surface area contributed by atoms with Crippen LogP contribution in [0.3, 0.4) is 0 Å². The lowest BCUT2D eigenvalue weighted by molar-refractivity contribution is -0.126. The van der Waals surface area contributed by atoms with Crippen molar-refractivity contribution in [3.05, 3.63) is 57.4 Å². The average Bonchev–Trinajstić information content (AvgIpc) is 3.14. The van der Waals surface area contributed by atoms with Gasteiger partial charge in [-0.25, -0.2) is 4.98 Å². The van der Waals surface area contributed by atoms with Crippen LogP contribution in [0.5, 0.6) is 0 Å². The number of likely N-dealkylation sites (tertiary alicyclic amines) is 1. The number of anilines is 1. The second-order valence-corrected chi connectivity index (χ2v) is 7.88. The first-order valence-electron chi connectivity index (χ1n) is 9.37. The van der Waals surface area contributed by atoms with Crippen LogP contribution in [0.25, 0.3) is 12.2 Å². The second kappa shape index (κ2) is 8.50. The minimum Gasteiger partial charge on any atom is -0.339 e. The summed E-state index contributed by atoms with van der Waals surface area (Å²) in [7, 11) is 0. The maximum absolute atomic E-state index is 12.5. The van der Waals surface area contributed by atoms with E-state index in [9.17, 15) is 9.59 Å². The molecule has 1 saturated heterocycles. The number of nitrogens with zero attached hydrogens (tertiary/aromatic N) is 2. The van der Waals surface area contributed by atoms with E-state index in [2.05, 4.69) is 39.2 Å². The predicted octanol–water partition coefficient (Wildman–Crippen LogP) is 2.90. The van der Waals surface area contributed by atoms with E-state index in [1.807, 2.05) is 11.0 Å². The SMILES string of the molecule is O=C1CNCc2cc(C=CC(=O)N3CCC(=Cc4cccs4)CC3)cnc2N1. The van der Waals surface area contributed by atoms with E-state index in [0.29, 0.717) is 12.4 Å². The van der Waals surface area contributed by atoms with Crippen molar-refractivity contribution >= 4 is 41.1 Å². The zero-order chi connectivity index (χ0) is 19.3. The normalized spacial score (nSPS) is 17.2. The first-order valence-corrected chi connectivity index (χ1v) is 10.2. The third kappa shape index (κ3) is 4.55. The Kier molecular flexibility index (Phi) is 5.64. The van der Waals surface area contributed by atoms with Crippen molar-refractivity contribution in [3.63, 3.8) is 0 Å². The molecule has 144 valence electrons. The molecule has 2 N–H and O–H groups in total. The molecule has 2 aliphatic rings. The first kappa shape index (κ1) is 18.6. The zero-order valence-electron chi connectivity index (χ0n) is 15.5. The Balaban J connectivity index is 1.36. The molecule has 2 aliphatic heterocycles. The zero-order valence-corrected chi connectivity index (χ0v) is 16.3. The molecule has 0 atom stereocenters. The van der Waals surface area contributed by atoms with Gasteiger partial charge in [0.1, 0.15) is 5.82 Å². The highest BCUT2D eigenvalue weighted by molar-refractivity contribution is 7.10. The van der Waals surface area contributed by atoms with Gasteiger partial charge >= 0.3 is 0 Å². The Morgan fingerprint density at radius 2 is 2.11 bits per heavy atom. The van der Waals surface area contributed by atoms with Crippen LogP contribution in [-0.2, 0) is 16.1 Å². The third-order valence-electron chi connectivity index (χ3n) is 4.87. The molecule has 2 amide bonds. The summed E-state index contributed by atoms with van der Waals surface area (Å²) >= 11 is 1.74. The van der Waals surface area contributed by atoms with Gasteiger partial charge in [0.2, 0.25) is 11.8 Å². The Bertz CT molecular complexity index is 924. The smallest absolute Gasteiger partial charge is 0.246 e. The van der Waals surface area contributed by atoms with Crippen molar-refractivity contribution in [2.45, 2.75) is 19.4 Å². The number of hydrogen-bond donors (Lipinski definition) is 2. The predicted molar refractivity (Wildman–Crippen MR) is 112 cm³/mol. The van der Waals surface area contributed by atoms with Crippen molar-refractivity contribution in [2.75, 3.05) is 25.0 Å². The fourth-order valence-corrected chi connectivity index (χ4v) is 4.07. The lowest BCUT2D eigenvalue weighted by Crippen LogP contribution is -2.35. The highest BCUT2D eigenvalue weighted by Gasteiger charge is 2.17. The summed E-state index contributed by atoms with van der Waals surface area (Å²) in [5.41, 5.74) is 3.17. The molecular weight excluding hydrogens is 372 g/mol. The van der Waals surface area contributed by atoms with Gasteiger partial charge in [0.05, 0.1) is 6.54 Å². The van der Waals surface area contributed by atoms with E-state index < -0.39 is 0 Å². The molecule has 1 fully saturated rings. The summed E-state index contributed by atoms with van der Waals surface area (Å²) in [6.07, 6.45) is 9.16. The Hall–Kier alpha value is -2.77. The quantitative estimate of drug-likeness (QED) is 0.785. The average molecular weight is 395 g/mol. The van der Waals surface area contributed by atoms with Gasteiger partial charge in [-0.3, -0.25) is 9.59 Å². The van der Waals surface area contributed by atoms with Gasteiger partial charge in [0.15, 0.2) is 0 Å². The summed E-state index contributed by atoms with van der Waals surface area (Å²) < 4.78 is 0. The van der Waals surface area contributed by atoms with Gasteiger partial charge in [-0.2, -0.15) is 0 Å². The molecule has 28 heavy (non-hydrogen) atoms. The van der Waals surface area contributed by atoms with E-state index in [-0.39, 0.29) is 18.4 Å². The number of carbonyl (C=O) groups is 2. The molecule has 6 nitrogen and oxygen atoms in total. The van der Waals surface area contributed by atoms with Crippen LogP contribution in [-0.4, -0.2) is 41.3 Å². The summed E-state index contributed by atoms with van der Waals surface area (Å²) in [5.74, 6) is 0.512. The van der Waals surface area contributed by atoms with Gasteiger partial charge in [-0.15, -0.1) is 11.3 Å². The van der Waals surface area contributed by atoms with Crippen LogP contribution in [0.2, 0.25) is 0 Å². The van der Waals surface area contributed by atoms with Crippen LogP contribution in [0.1, 0.15) is 28.8 Å². The number of rotatable bonds is 3. The van der Waals surface area contributed by atoms with Crippen molar-refractivity contribution in [1.29, 1.82) is 0 Å². The molecule has 7 heteroatoms. The molecule has 2 aromatic heterocycles. The summed E-state index contributed by atoms with van der Waals surface area (Å²) in [6, 6.07) is 6.12. The molecule has 2 aromatic rings. The number of piperidine rings is 1. The maximum Gasteiger partial charge on any atom is 0.246 e. The molecule has 0 saturated carbocycles. The van der Waals surface area contributed by atoms with Gasteiger partial charge < -0.3 is 15.5 Å². The van der Waals surface area contributed by atoms with Crippen LogP contribution < -0.4 is 10.6 Å². The molecule has 0 radical (unpaired) electrons. The largest absolute Gasteiger partial charge is 0.339 e. The van der Waals surface area contributed by atoms with Gasteiger partial charge in [0.25, 0.3) is 0 Å². The van der Waals surface area contributed by atoms with E-state index in [1.54, 1.807) is 29.7 Å². The maximum atomic E-state index is 12.5. The lowest BCUT2D eigenvalue weighted by atomic mass is 10.0. The number of nitrogens with one attached hydrogen (secondary N) is 2. The minimum atomic E-state index is -0.0951. The fraction of sp³-hybridized carbons (Fsp3) is 0.286. The van der Waals surface area contributed by atoms with Gasteiger partial charge in [-0.05, 0) is 48.1 Å². The topological polar surface area (TPSA) is 74.3 Å².